The van der Waals surface area contributed by atoms with Crippen LogP contribution in [0.3, 0.4) is 0 Å². The summed E-state index contributed by atoms with van der Waals surface area (Å²) in [5.41, 5.74) is 1.86. The standard InChI is InChI=1S/C13H16Br2O2/c1-3-4-17-13-10(5-9(2)8-16)6-11(14)7-12(13)15/h5-7,16H,3-4,8H2,1-2H3. The van der Waals surface area contributed by atoms with Crippen molar-refractivity contribution in [3.05, 3.63) is 32.2 Å². The summed E-state index contributed by atoms with van der Waals surface area (Å²) in [6.45, 7) is 4.69. The molecule has 0 amide bonds. The molecule has 0 heterocycles. The number of hydrogen-bond acceptors (Lipinski definition) is 2. The minimum Gasteiger partial charge on any atom is -0.492 e. The van der Waals surface area contributed by atoms with Gasteiger partial charge in [-0.05, 0) is 53.1 Å². The molecule has 4 heteroatoms. The molecule has 0 atom stereocenters. The maximum Gasteiger partial charge on any atom is 0.140 e. The van der Waals surface area contributed by atoms with Crippen molar-refractivity contribution >= 4 is 37.9 Å². The van der Waals surface area contributed by atoms with Crippen molar-refractivity contribution < 1.29 is 9.84 Å². The van der Waals surface area contributed by atoms with Crippen molar-refractivity contribution in [2.45, 2.75) is 20.3 Å². The van der Waals surface area contributed by atoms with Gasteiger partial charge in [0.05, 0.1) is 17.7 Å². The second kappa shape index (κ2) is 7.19. The Morgan fingerprint density at radius 3 is 2.71 bits per heavy atom. The van der Waals surface area contributed by atoms with Crippen LogP contribution in [0.25, 0.3) is 6.08 Å². The summed E-state index contributed by atoms with van der Waals surface area (Å²) < 4.78 is 7.61. The Morgan fingerprint density at radius 1 is 1.41 bits per heavy atom. The predicted octanol–water partition coefficient (Wildman–Crippen LogP) is 4.40. The average Bonchev–Trinajstić information content (AvgIpc) is 2.27. The van der Waals surface area contributed by atoms with Gasteiger partial charge in [0.15, 0.2) is 0 Å². The highest BCUT2D eigenvalue weighted by Gasteiger charge is 2.08. The third kappa shape index (κ3) is 4.45. The Hall–Kier alpha value is -0.320. The van der Waals surface area contributed by atoms with Crippen LogP contribution in [-0.2, 0) is 0 Å². The van der Waals surface area contributed by atoms with E-state index in [2.05, 4.69) is 38.8 Å². The van der Waals surface area contributed by atoms with E-state index in [-0.39, 0.29) is 6.61 Å². The normalized spacial score (nSPS) is 11.7. The van der Waals surface area contributed by atoms with Gasteiger partial charge in [0, 0.05) is 10.0 Å². The van der Waals surface area contributed by atoms with Crippen LogP contribution >= 0.6 is 31.9 Å². The lowest BCUT2D eigenvalue weighted by Gasteiger charge is -2.12. The van der Waals surface area contributed by atoms with Crippen molar-refractivity contribution in [2.24, 2.45) is 0 Å². The molecule has 0 saturated carbocycles. The van der Waals surface area contributed by atoms with E-state index in [4.69, 9.17) is 9.84 Å². The van der Waals surface area contributed by atoms with Crippen molar-refractivity contribution in [2.75, 3.05) is 13.2 Å². The van der Waals surface area contributed by atoms with E-state index in [0.717, 1.165) is 32.3 Å². The van der Waals surface area contributed by atoms with Crippen molar-refractivity contribution in [1.82, 2.24) is 0 Å². The first-order valence-corrected chi connectivity index (χ1v) is 7.07. The van der Waals surface area contributed by atoms with Gasteiger partial charge in [0.1, 0.15) is 5.75 Å². The molecule has 94 valence electrons. The van der Waals surface area contributed by atoms with Crippen molar-refractivity contribution in [3.63, 3.8) is 0 Å². The molecular weight excluding hydrogens is 348 g/mol. The van der Waals surface area contributed by atoms with Gasteiger partial charge in [-0.2, -0.15) is 0 Å². The predicted molar refractivity (Wildman–Crippen MR) is 78.4 cm³/mol. The Kier molecular flexibility index (Phi) is 6.23. The molecule has 1 rings (SSSR count). The summed E-state index contributed by atoms with van der Waals surface area (Å²) in [6.07, 6.45) is 2.89. The van der Waals surface area contributed by atoms with Crippen LogP contribution in [-0.4, -0.2) is 18.3 Å². The Morgan fingerprint density at radius 2 is 2.12 bits per heavy atom. The molecule has 0 aliphatic rings. The lowest BCUT2D eigenvalue weighted by atomic mass is 10.1. The molecule has 0 aliphatic carbocycles. The van der Waals surface area contributed by atoms with Gasteiger partial charge in [-0.3, -0.25) is 0 Å². The number of aliphatic hydroxyl groups excluding tert-OH is 1. The first kappa shape index (κ1) is 14.7. The molecule has 0 unspecified atom stereocenters. The second-order valence-electron chi connectivity index (χ2n) is 3.80. The zero-order chi connectivity index (χ0) is 12.8. The number of halogens is 2. The van der Waals surface area contributed by atoms with Gasteiger partial charge in [0.2, 0.25) is 0 Å². The van der Waals surface area contributed by atoms with Gasteiger partial charge in [-0.15, -0.1) is 0 Å². The quantitative estimate of drug-likeness (QED) is 0.840. The summed E-state index contributed by atoms with van der Waals surface area (Å²) in [7, 11) is 0. The van der Waals surface area contributed by atoms with Crippen LogP contribution in [0, 0.1) is 0 Å². The molecule has 17 heavy (non-hydrogen) atoms. The summed E-state index contributed by atoms with van der Waals surface area (Å²) >= 11 is 6.94. The number of aliphatic hydroxyl groups is 1. The molecule has 0 spiro atoms. The van der Waals surface area contributed by atoms with E-state index in [1.807, 2.05) is 25.1 Å². The highest BCUT2D eigenvalue weighted by molar-refractivity contribution is 9.11. The molecule has 1 aromatic rings. The van der Waals surface area contributed by atoms with Crippen LogP contribution in [0.15, 0.2) is 26.7 Å². The fourth-order valence-electron chi connectivity index (χ4n) is 1.35. The SMILES string of the molecule is CCCOc1c(Br)cc(Br)cc1C=C(C)CO. The number of benzene rings is 1. The van der Waals surface area contributed by atoms with Crippen LogP contribution in [0.1, 0.15) is 25.8 Å². The highest BCUT2D eigenvalue weighted by Crippen LogP contribution is 2.34. The van der Waals surface area contributed by atoms with Crippen LogP contribution in [0.5, 0.6) is 5.75 Å². The van der Waals surface area contributed by atoms with E-state index < -0.39 is 0 Å². The molecule has 1 N–H and O–H groups in total. The van der Waals surface area contributed by atoms with Crippen molar-refractivity contribution in [3.8, 4) is 5.75 Å². The lowest BCUT2D eigenvalue weighted by molar-refractivity contribution is 0.314. The minimum absolute atomic E-state index is 0.0529. The summed E-state index contributed by atoms with van der Waals surface area (Å²) in [5, 5.41) is 9.07. The van der Waals surface area contributed by atoms with Gasteiger partial charge in [-0.25, -0.2) is 0 Å². The molecule has 0 bridgehead atoms. The zero-order valence-corrected chi connectivity index (χ0v) is 13.1. The molecule has 0 aromatic heterocycles. The van der Waals surface area contributed by atoms with Crippen LogP contribution in [0.2, 0.25) is 0 Å². The average molecular weight is 364 g/mol. The summed E-state index contributed by atoms with van der Waals surface area (Å²) in [5.74, 6) is 0.822. The molecule has 0 radical (unpaired) electrons. The first-order chi connectivity index (χ1) is 8.08. The zero-order valence-electron chi connectivity index (χ0n) is 9.96. The van der Waals surface area contributed by atoms with Crippen LogP contribution in [0.4, 0.5) is 0 Å². The maximum atomic E-state index is 9.07. The molecule has 0 saturated heterocycles. The molecular formula is C13H16Br2O2. The Labute approximate surface area is 119 Å². The monoisotopic (exact) mass is 362 g/mol. The van der Waals surface area contributed by atoms with E-state index in [0.29, 0.717) is 6.61 Å². The second-order valence-corrected chi connectivity index (χ2v) is 5.57. The largest absolute Gasteiger partial charge is 0.492 e. The highest BCUT2D eigenvalue weighted by atomic mass is 79.9. The van der Waals surface area contributed by atoms with Gasteiger partial charge in [-0.1, -0.05) is 22.9 Å². The fraction of sp³-hybridized carbons (Fsp3) is 0.385. The smallest absolute Gasteiger partial charge is 0.140 e. The lowest BCUT2D eigenvalue weighted by Crippen LogP contribution is -1.98. The Balaban J connectivity index is 3.15. The van der Waals surface area contributed by atoms with Gasteiger partial charge in [0.25, 0.3) is 0 Å². The molecule has 1 aromatic carbocycles. The maximum absolute atomic E-state index is 9.07. The topological polar surface area (TPSA) is 29.5 Å². The third-order valence-corrected chi connectivity index (χ3v) is 3.19. The van der Waals surface area contributed by atoms with E-state index in [9.17, 15) is 0 Å². The third-order valence-electron chi connectivity index (χ3n) is 2.14. The Bertz CT molecular complexity index is 414. The molecule has 0 aliphatic heterocycles. The van der Waals surface area contributed by atoms with Gasteiger partial charge >= 0.3 is 0 Å². The number of hydrogen-bond donors (Lipinski definition) is 1. The van der Waals surface area contributed by atoms with Gasteiger partial charge < -0.3 is 9.84 Å². The van der Waals surface area contributed by atoms with E-state index in [1.54, 1.807) is 0 Å². The van der Waals surface area contributed by atoms with Crippen LogP contribution < -0.4 is 4.74 Å². The van der Waals surface area contributed by atoms with E-state index >= 15 is 0 Å². The molecule has 2 nitrogen and oxygen atoms in total. The number of rotatable bonds is 5. The summed E-state index contributed by atoms with van der Waals surface area (Å²) in [6, 6.07) is 3.94. The first-order valence-electron chi connectivity index (χ1n) is 5.48. The summed E-state index contributed by atoms with van der Waals surface area (Å²) in [4.78, 5) is 0. The fourth-order valence-corrected chi connectivity index (χ4v) is 2.73. The molecule has 0 fully saturated rings. The minimum atomic E-state index is 0.0529. The number of ether oxygens (including phenoxy) is 1. The van der Waals surface area contributed by atoms with Crippen molar-refractivity contribution in [1.29, 1.82) is 0 Å². The van der Waals surface area contributed by atoms with E-state index in [1.165, 1.54) is 0 Å².